The molecule has 0 aromatic heterocycles. The van der Waals surface area contributed by atoms with E-state index in [1.165, 1.54) is 6.42 Å². The summed E-state index contributed by atoms with van der Waals surface area (Å²) in [6.45, 7) is 0.0336. The highest BCUT2D eigenvalue weighted by molar-refractivity contribution is 4.76. The summed E-state index contributed by atoms with van der Waals surface area (Å²) >= 11 is 0. The second kappa shape index (κ2) is 3.91. The van der Waals surface area contributed by atoms with Crippen LogP contribution in [0.25, 0.3) is 0 Å². The smallest absolute Gasteiger partial charge is 0.0897 e. The van der Waals surface area contributed by atoms with E-state index >= 15 is 0 Å². The molecule has 2 atom stereocenters. The highest BCUT2D eigenvalue weighted by Crippen LogP contribution is 2.33. The van der Waals surface area contributed by atoms with Gasteiger partial charge in [-0.2, -0.15) is 0 Å². The van der Waals surface area contributed by atoms with Crippen LogP contribution in [0.15, 0.2) is 0 Å². The third-order valence-electron chi connectivity index (χ3n) is 2.53. The van der Waals surface area contributed by atoms with Crippen molar-refractivity contribution in [3.05, 3.63) is 0 Å². The van der Waals surface area contributed by atoms with E-state index in [0.29, 0.717) is 18.3 Å². The summed E-state index contributed by atoms with van der Waals surface area (Å²) in [7, 11) is 0. The number of hydrogen-bond acceptors (Lipinski definition) is 1. The standard InChI is InChI=1S/C8H15FO/c9-5-4-7-2-1-3-8(7)6-10/h7-8,10H,1-6H2. The number of rotatable bonds is 3. The Bertz CT molecular complexity index is 95.3. The lowest BCUT2D eigenvalue weighted by molar-refractivity contribution is 0.184. The Morgan fingerprint density at radius 3 is 2.60 bits per heavy atom. The first-order chi connectivity index (χ1) is 4.88. The summed E-state index contributed by atoms with van der Waals surface area (Å²) in [5.41, 5.74) is 0. The molecule has 1 saturated carbocycles. The first-order valence-corrected chi connectivity index (χ1v) is 4.05. The van der Waals surface area contributed by atoms with E-state index in [2.05, 4.69) is 0 Å². The molecule has 60 valence electrons. The molecular weight excluding hydrogens is 131 g/mol. The zero-order valence-corrected chi connectivity index (χ0v) is 6.22. The van der Waals surface area contributed by atoms with Crippen molar-refractivity contribution in [1.82, 2.24) is 0 Å². The normalized spacial score (nSPS) is 33.0. The molecule has 0 bridgehead atoms. The molecule has 1 aliphatic carbocycles. The minimum Gasteiger partial charge on any atom is -0.396 e. The van der Waals surface area contributed by atoms with Gasteiger partial charge < -0.3 is 5.11 Å². The Hall–Kier alpha value is -0.110. The fraction of sp³-hybridized carbons (Fsp3) is 1.00. The summed E-state index contributed by atoms with van der Waals surface area (Å²) in [5, 5.41) is 8.84. The maximum absolute atomic E-state index is 11.9. The third-order valence-corrected chi connectivity index (χ3v) is 2.53. The van der Waals surface area contributed by atoms with Crippen LogP contribution in [0.3, 0.4) is 0 Å². The number of aliphatic hydroxyl groups is 1. The zero-order valence-electron chi connectivity index (χ0n) is 6.22. The van der Waals surface area contributed by atoms with E-state index < -0.39 is 0 Å². The topological polar surface area (TPSA) is 20.2 Å². The monoisotopic (exact) mass is 146 g/mol. The predicted octanol–water partition coefficient (Wildman–Crippen LogP) is 1.75. The van der Waals surface area contributed by atoms with Gasteiger partial charge in [0, 0.05) is 6.61 Å². The van der Waals surface area contributed by atoms with Gasteiger partial charge in [-0.1, -0.05) is 6.42 Å². The number of halogens is 1. The molecule has 1 nitrogen and oxygen atoms in total. The van der Waals surface area contributed by atoms with Crippen molar-refractivity contribution < 1.29 is 9.50 Å². The van der Waals surface area contributed by atoms with Gasteiger partial charge >= 0.3 is 0 Å². The average molecular weight is 146 g/mol. The van der Waals surface area contributed by atoms with Crippen molar-refractivity contribution in [2.45, 2.75) is 25.7 Å². The van der Waals surface area contributed by atoms with Crippen LogP contribution in [0.2, 0.25) is 0 Å². The van der Waals surface area contributed by atoms with Crippen LogP contribution in [-0.2, 0) is 0 Å². The first kappa shape index (κ1) is 7.99. The number of alkyl halides is 1. The van der Waals surface area contributed by atoms with Crippen LogP contribution in [0.4, 0.5) is 4.39 Å². The lowest BCUT2D eigenvalue weighted by Gasteiger charge is -2.14. The highest BCUT2D eigenvalue weighted by atomic mass is 19.1. The fourth-order valence-corrected chi connectivity index (χ4v) is 1.87. The zero-order chi connectivity index (χ0) is 7.40. The van der Waals surface area contributed by atoms with Crippen molar-refractivity contribution in [3.63, 3.8) is 0 Å². The van der Waals surface area contributed by atoms with Crippen LogP contribution in [-0.4, -0.2) is 18.4 Å². The van der Waals surface area contributed by atoms with Gasteiger partial charge in [0.25, 0.3) is 0 Å². The van der Waals surface area contributed by atoms with Crippen LogP contribution in [0.1, 0.15) is 25.7 Å². The van der Waals surface area contributed by atoms with E-state index in [0.717, 1.165) is 12.8 Å². The molecule has 2 heteroatoms. The molecule has 1 N–H and O–H groups in total. The van der Waals surface area contributed by atoms with Crippen LogP contribution in [0, 0.1) is 11.8 Å². The number of hydrogen-bond donors (Lipinski definition) is 1. The van der Waals surface area contributed by atoms with Gasteiger partial charge in [0.2, 0.25) is 0 Å². The van der Waals surface area contributed by atoms with Crippen molar-refractivity contribution in [1.29, 1.82) is 0 Å². The summed E-state index contributed by atoms with van der Waals surface area (Å²) in [6.07, 6.45) is 4.05. The maximum Gasteiger partial charge on any atom is 0.0897 e. The molecule has 1 aliphatic rings. The summed E-state index contributed by atoms with van der Waals surface area (Å²) in [5.74, 6) is 0.866. The Labute approximate surface area is 61.2 Å². The largest absolute Gasteiger partial charge is 0.396 e. The third kappa shape index (κ3) is 1.69. The Morgan fingerprint density at radius 1 is 1.30 bits per heavy atom. The Kier molecular flexibility index (Phi) is 3.13. The fourth-order valence-electron chi connectivity index (χ4n) is 1.87. The van der Waals surface area contributed by atoms with Crippen molar-refractivity contribution in [2.75, 3.05) is 13.3 Å². The lowest BCUT2D eigenvalue weighted by atomic mass is 9.94. The molecule has 0 spiro atoms. The molecule has 0 amide bonds. The van der Waals surface area contributed by atoms with E-state index in [-0.39, 0.29) is 13.3 Å². The van der Waals surface area contributed by atoms with Crippen molar-refractivity contribution in [3.8, 4) is 0 Å². The summed E-state index contributed by atoms with van der Waals surface area (Å²) < 4.78 is 11.9. The SMILES string of the molecule is OCC1CCCC1CCF. The van der Waals surface area contributed by atoms with Crippen molar-refractivity contribution >= 4 is 0 Å². The molecule has 0 heterocycles. The van der Waals surface area contributed by atoms with Gasteiger partial charge in [-0.15, -0.1) is 0 Å². The molecule has 1 fully saturated rings. The van der Waals surface area contributed by atoms with Crippen molar-refractivity contribution in [2.24, 2.45) is 11.8 Å². The van der Waals surface area contributed by atoms with Gasteiger partial charge in [0.05, 0.1) is 6.67 Å². The maximum atomic E-state index is 11.9. The molecular formula is C8H15FO. The molecule has 0 aliphatic heterocycles. The predicted molar refractivity (Wildman–Crippen MR) is 38.5 cm³/mol. The van der Waals surface area contributed by atoms with Gasteiger partial charge in [-0.25, -0.2) is 0 Å². The first-order valence-electron chi connectivity index (χ1n) is 4.05. The average Bonchev–Trinajstić information content (AvgIpc) is 2.36. The molecule has 0 saturated heterocycles. The van der Waals surface area contributed by atoms with E-state index in [4.69, 9.17) is 5.11 Å². The minimum atomic E-state index is -0.221. The van der Waals surface area contributed by atoms with Gasteiger partial charge in [-0.05, 0) is 31.1 Å². The van der Waals surface area contributed by atoms with E-state index in [1.54, 1.807) is 0 Å². The second-order valence-electron chi connectivity index (χ2n) is 3.11. The molecule has 10 heavy (non-hydrogen) atoms. The summed E-state index contributed by atoms with van der Waals surface area (Å²) in [4.78, 5) is 0. The molecule has 0 aromatic rings. The molecule has 0 aromatic carbocycles. The van der Waals surface area contributed by atoms with Crippen LogP contribution < -0.4 is 0 Å². The van der Waals surface area contributed by atoms with Gasteiger partial charge in [-0.3, -0.25) is 4.39 Å². The number of aliphatic hydroxyl groups excluding tert-OH is 1. The van der Waals surface area contributed by atoms with Crippen LogP contribution >= 0.6 is 0 Å². The minimum absolute atomic E-state index is 0.221. The molecule has 0 radical (unpaired) electrons. The highest BCUT2D eigenvalue weighted by Gasteiger charge is 2.25. The van der Waals surface area contributed by atoms with Gasteiger partial charge in [0.1, 0.15) is 0 Å². The van der Waals surface area contributed by atoms with Gasteiger partial charge in [0.15, 0.2) is 0 Å². The Morgan fingerprint density at radius 2 is 2.00 bits per heavy atom. The van der Waals surface area contributed by atoms with E-state index in [9.17, 15) is 4.39 Å². The lowest BCUT2D eigenvalue weighted by Crippen LogP contribution is -2.12. The molecule has 1 rings (SSSR count). The summed E-state index contributed by atoms with van der Waals surface area (Å²) in [6, 6.07) is 0. The molecule has 2 unspecified atom stereocenters. The Balaban J connectivity index is 2.27. The van der Waals surface area contributed by atoms with E-state index in [1.807, 2.05) is 0 Å². The quantitative estimate of drug-likeness (QED) is 0.643. The van der Waals surface area contributed by atoms with Crippen LogP contribution in [0.5, 0.6) is 0 Å². The second-order valence-corrected chi connectivity index (χ2v) is 3.11.